The van der Waals surface area contributed by atoms with Gasteiger partial charge in [-0.25, -0.2) is 14.7 Å². The summed E-state index contributed by atoms with van der Waals surface area (Å²) in [6.45, 7) is 8.60. The quantitative estimate of drug-likeness (QED) is 0.176. The molecule has 0 aliphatic carbocycles. The number of halogens is 2. The molecule has 0 N–H and O–H groups in total. The summed E-state index contributed by atoms with van der Waals surface area (Å²) in [5.41, 5.74) is 4.17. The van der Waals surface area contributed by atoms with Crippen LogP contribution in [0.25, 0.3) is 0 Å². The second-order valence-electron chi connectivity index (χ2n) is 12.0. The summed E-state index contributed by atoms with van der Waals surface area (Å²) in [7, 11) is 1.75. The number of benzene rings is 3. The van der Waals surface area contributed by atoms with Gasteiger partial charge in [0.1, 0.15) is 43.1 Å². The van der Waals surface area contributed by atoms with E-state index >= 15 is 0 Å². The van der Waals surface area contributed by atoms with E-state index in [0.29, 0.717) is 28.8 Å². The summed E-state index contributed by atoms with van der Waals surface area (Å²) in [6, 6.07) is 22.1. The monoisotopic (exact) mass is 723 g/mol. The molecular formula is C35H39Cl2N7O4S. The van der Waals surface area contributed by atoms with Crippen molar-refractivity contribution in [2.45, 2.75) is 30.8 Å². The highest BCUT2D eigenvalue weighted by atomic mass is 35.5. The molecule has 14 heteroatoms. The van der Waals surface area contributed by atoms with Gasteiger partial charge < -0.3 is 33.6 Å². The van der Waals surface area contributed by atoms with Crippen molar-refractivity contribution >= 4 is 57.2 Å². The molecule has 0 spiro atoms. The minimum atomic E-state index is -1.15. The van der Waals surface area contributed by atoms with Crippen LogP contribution in [0.15, 0.2) is 84.4 Å². The molecule has 7 rings (SSSR count). The van der Waals surface area contributed by atoms with Crippen molar-refractivity contribution in [3.8, 4) is 5.75 Å². The lowest BCUT2D eigenvalue weighted by Crippen LogP contribution is -2.46. The molecule has 3 aromatic carbocycles. The number of thioether (sulfide) groups is 1. The summed E-state index contributed by atoms with van der Waals surface area (Å²) in [5, 5.41) is 6.25. The number of aliphatic imine (C=N–C) groups is 1. The first-order valence-electron chi connectivity index (χ1n) is 16.4. The number of methoxy groups -OCH3 is 1. The molecule has 3 atom stereocenters. The summed E-state index contributed by atoms with van der Waals surface area (Å²) >= 11 is 14.4. The Hall–Kier alpha value is -3.52. The fourth-order valence-corrected chi connectivity index (χ4v) is 7.92. The lowest BCUT2D eigenvalue weighted by molar-refractivity contribution is -0.190. The van der Waals surface area contributed by atoms with Crippen molar-refractivity contribution in [1.29, 1.82) is 0 Å². The molecule has 3 fully saturated rings. The van der Waals surface area contributed by atoms with Crippen molar-refractivity contribution in [3.63, 3.8) is 0 Å². The average Bonchev–Trinajstić information content (AvgIpc) is 3.89. The second-order valence-corrected chi connectivity index (χ2v) is 14.0. The first kappa shape index (κ1) is 34.0. The first-order chi connectivity index (χ1) is 23.9. The van der Waals surface area contributed by atoms with Gasteiger partial charge in [0.15, 0.2) is 5.17 Å². The zero-order valence-corrected chi connectivity index (χ0v) is 29.8. The molecule has 3 saturated heterocycles. The third kappa shape index (κ3) is 7.79. The fraction of sp³-hybridized carbons (Fsp3) is 0.400. The van der Waals surface area contributed by atoms with Gasteiger partial charge in [0, 0.05) is 61.8 Å². The molecule has 49 heavy (non-hydrogen) atoms. The third-order valence-electron chi connectivity index (χ3n) is 8.92. The Bertz CT molecular complexity index is 1720. The topological polar surface area (TPSA) is 89.7 Å². The Labute approximate surface area is 300 Å². The molecule has 1 unspecified atom stereocenters. The van der Waals surface area contributed by atoms with E-state index in [1.54, 1.807) is 42.0 Å². The van der Waals surface area contributed by atoms with E-state index in [9.17, 15) is 0 Å². The van der Waals surface area contributed by atoms with E-state index in [1.165, 1.54) is 17.7 Å². The van der Waals surface area contributed by atoms with Crippen molar-refractivity contribution in [3.05, 3.63) is 95.0 Å². The van der Waals surface area contributed by atoms with Crippen LogP contribution in [0.5, 0.6) is 5.75 Å². The molecule has 3 aliphatic rings. The lowest BCUT2D eigenvalue weighted by Gasteiger charge is -2.37. The van der Waals surface area contributed by atoms with Gasteiger partial charge in [0.25, 0.3) is 0 Å². The highest BCUT2D eigenvalue weighted by Gasteiger charge is 2.45. The van der Waals surface area contributed by atoms with Gasteiger partial charge in [-0.15, -0.1) is 0 Å². The largest absolute Gasteiger partial charge is 0.491 e. The Kier molecular flexibility index (Phi) is 10.5. The summed E-state index contributed by atoms with van der Waals surface area (Å²) < 4.78 is 26.1. The number of anilines is 2. The molecule has 4 aromatic rings. The maximum Gasteiger partial charge on any atom is 0.217 e. The highest BCUT2D eigenvalue weighted by Crippen LogP contribution is 2.40. The van der Waals surface area contributed by atoms with Gasteiger partial charge in [0.05, 0.1) is 23.9 Å². The number of hydrogen-bond acceptors (Lipinski definition) is 10. The number of ether oxygens (including phenoxy) is 4. The van der Waals surface area contributed by atoms with E-state index in [2.05, 4.69) is 68.1 Å². The number of likely N-dealkylation sites (N-methyl/N-ethyl adjacent to an activating group) is 1. The maximum atomic E-state index is 6.59. The number of rotatable bonds is 11. The van der Waals surface area contributed by atoms with E-state index in [0.717, 1.165) is 55.9 Å². The van der Waals surface area contributed by atoms with Crippen molar-refractivity contribution in [2.24, 2.45) is 4.99 Å². The van der Waals surface area contributed by atoms with Gasteiger partial charge in [0.2, 0.25) is 5.79 Å². The van der Waals surface area contributed by atoms with Crippen molar-refractivity contribution < 1.29 is 18.9 Å². The predicted molar refractivity (Wildman–Crippen MR) is 195 cm³/mol. The molecule has 3 aliphatic heterocycles. The Morgan fingerprint density at radius 1 is 0.980 bits per heavy atom. The Morgan fingerprint density at radius 2 is 1.69 bits per heavy atom. The van der Waals surface area contributed by atoms with Gasteiger partial charge in [-0.05, 0) is 67.6 Å². The standard InChI is InChI=1S/C35H39Cl2N7O4S/c1-3-41-19-33(45-2)49-34(41)40-26-5-7-27(8-6-26)42-14-16-43(17-15-42)28-9-11-29(12-10-28)46-20-30-21-47-35(48-30,22-44-24-38-23-39-44)31-13-4-25(36)18-32(31)37/h4-13,18,23-24,30,33H,3,14-17,19-22H2,1-2H3/t30-,33?,35-/m1/s1. The number of piperazine rings is 1. The molecule has 4 heterocycles. The molecule has 258 valence electrons. The minimum Gasteiger partial charge on any atom is -0.491 e. The van der Waals surface area contributed by atoms with Crippen molar-refractivity contribution in [1.82, 2.24) is 19.7 Å². The van der Waals surface area contributed by atoms with Crippen LogP contribution in [0, 0.1) is 0 Å². The smallest absolute Gasteiger partial charge is 0.217 e. The maximum absolute atomic E-state index is 6.59. The van der Waals surface area contributed by atoms with E-state index in [4.69, 9.17) is 47.1 Å². The molecule has 0 amide bonds. The minimum absolute atomic E-state index is 0.139. The number of nitrogens with zero attached hydrogens (tertiary/aromatic N) is 7. The van der Waals surface area contributed by atoms with Crippen LogP contribution in [0.4, 0.5) is 17.1 Å². The molecule has 0 radical (unpaired) electrons. The SMILES string of the molecule is CCN1CC(OC)SC1=Nc1ccc(N2CCN(c3ccc(OC[C@@H]4CO[C@@](Cn5cncn5)(c5ccc(Cl)cc5Cl)O4)cc3)CC2)cc1. The molecule has 0 saturated carbocycles. The molecule has 1 aromatic heterocycles. The fourth-order valence-electron chi connectivity index (χ4n) is 6.27. The first-order valence-corrected chi connectivity index (χ1v) is 18.0. The van der Waals surface area contributed by atoms with Gasteiger partial charge >= 0.3 is 0 Å². The highest BCUT2D eigenvalue weighted by molar-refractivity contribution is 8.14. The van der Waals surface area contributed by atoms with Crippen LogP contribution in [0.2, 0.25) is 10.0 Å². The third-order valence-corrected chi connectivity index (χ3v) is 10.6. The average molecular weight is 725 g/mol. The summed E-state index contributed by atoms with van der Waals surface area (Å²) in [4.78, 5) is 16.0. The Balaban J connectivity index is 0.912. The van der Waals surface area contributed by atoms with Gasteiger partial charge in [-0.1, -0.05) is 41.0 Å². The van der Waals surface area contributed by atoms with Crippen LogP contribution in [-0.2, 0) is 26.5 Å². The lowest BCUT2D eigenvalue weighted by atomic mass is 10.1. The van der Waals surface area contributed by atoms with Gasteiger partial charge in [-0.3, -0.25) is 0 Å². The predicted octanol–water partition coefficient (Wildman–Crippen LogP) is 6.29. The van der Waals surface area contributed by atoms with Crippen LogP contribution >= 0.6 is 35.0 Å². The van der Waals surface area contributed by atoms with E-state index in [1.807, 2.05) is 18.2 Å². The van der Waals surface area contributed by atoms with Crippen LogP contribution < -0.4 is 14.5 Å². The molecule has 11 nitrogen and oxygen atoms in total. The summed E-state index contributed by atoms with van der Waals surface area (Å²) in [6.07, 6.45) is 2.77. The number of aromatic nitrogens is 3. The normalized spacial score (nSPS) is 23.5. The van der Waals surface area contributed by atoms with E-state index < -0.39 is 5.79 Å². The zero-order valence-electron chi connectivity index (χ0n) is 27.5. The molecular weight excluding hydrogens is 685 g/mol. The zero-order chi connectivity index (χ0) is 33.8. The van der Waals surface area contributed by atoms with Crippen LogP contribution in [0.1, 0.15) is 12.5 Å². The summed E-state index contributed by atoms with van der Waals surface area (Å²) in [5.74, 6) is -0.380. The van der Waals surface area contributed by atoms with Crippen molar-refractivity contribution in [2.75, 3.05) is 69.4 Å². The van der Waals surface area contributed by atoms with Crippen LogP contribution in [0.3, 0.4) is 0 Å². The van der Waals surface area contributed by atoms with E-state index in [-0.39, 0.29) is 18.1 Å². The Morgan fingerprint density at radius 3 is 2.33 bits per heavy atom. The van der Waals surface area contributed by atoms with Crippen LogP contribution in [-0.4, -0.2) is 96.0 Å². The number of amidine groups is 1. The second kappa shape index (κ2) is 15.2. The molecule has 0 bridgehead atoms. The number of hydrogen-bond donors (Lipinski definition) is 0. The van der Waals surface area contributed by atoms with Gasteiger partial charge in [-0.2, -0.15) is 5.10 Å².